The van der Waals surface area contributed by atoms with E-state index in [9.17, 15) is 4.79 Å². The van der Waals surface area contributed by atoms with Gasteiger partial charge in [-0.15, -0.1) is 0 Å². The van der Waals surface area contributed by atoms with Crippen LogP contribution in [0.1, 0.15) is 54.5 Å². The number of H-pyrrole nitrogens is 1. The van der Waals surface area contributed by atoms with Gasteiger partial charge in [0.2, 0.25) is 5.95 Å². The first kappa shape index (κ1) is 24.2. The number of carbonyl (C=O) groups excluding carboxylic acids is 1. The number of nitrogens with zero attached hydrogens (tertiary/aromatic N) is 4. The molecule has 1 fully saturated rings. The van der Waals surface area contributed by atoms with Crippen LogP contribution in [-0.2, 0) is 4.79 Å². The highest BCUT2D eigenvalue weighted by Gasteiger charge is 2.24. The zero-order valence-electron chi connectivity index (χ0n) is 20.2. The van der Waals surface area contributed by atoms with Crippen molar-refractivity contribution in [3.63, 3.8) is 0 Å². The van der Waals surface area contributed by atoms with Crippen molar-refractivity contribution in [2.24, 2.45) is 0 Å². The molecular formula is C25H32ClN7O. The maximum absolute atomic E-state index is 11.9. The van der Waals surface area contributed by atoms with Gasteiger partial charge in [0.05, 0.1) is 12.7 Å². The molecule has 1 aliphatic rings. The molecule has 34 heavy (non-hydrogen) atoms. The molecule has 4 rings (SSSR count). The van der Waals surface area contributed by atoms with Gasteiger partial charge in [0.25, 0.3) is 0 Å². The second kappa shape index (κ2) is 10.5. The number of aromatic amines is 1. The Bertz CT molecular complexity index is 1180. The lowest BCUT2D eigenvalue weighted by Crippen LogP contribution is -2.38. The van der Waals surface area contributed by atoms with Gasteiger partial charge in [-0.05, 0) is 68.8 Å². The Labute approximate surface area is 205 Å². The molecule has 3 heterocycles. The van der Waals surface area contributed by atoms with Crippen molar-refractivity contribution in [2.45, 2.75) is 52.9 Å². The Hall–Kier alpha value is -2.97. The van der Waals surface area contributed by atoms with Crippen molar-refractivity contribution >= 4 is 40.7 Å². The summed E-state index contributed by atoms with van der Waals surface area (Å²) in [6, 6.07) is 6.29. The van der Waals surface area contributed by atoms with Crippen LogP contribution in [0.25, 0.3) is 0 Å². The number of anilines is 4. The Balaban J connectivity index is 1.50. The number of nitrogens with one attached hydrogen (secondary N) is 3. The number of aryl methyl sites for hydroxylation is 3. The maximum atomic E-state index is 11.9. The van der Waals surface area contributed by atoms with E-state index in [-0.39, 0.29) is 0 Å². The quantitative estimate of drug-likeness (QED) is 0.394. The van der Waals surface area contributed by atoms with Gasteiger partial charge in [-0.1, -0.05) is 24.6 Å². The number of rotatable bonds is 8. The fourth-order valence-corrected chi connectivity index (χ4v) is 4.60. The highest BCUT2D eigenvalue weighted by atomic mass is 35.5. The van der Waals surface area contributed by atoms with E-state index in [1.807, 2.05) is 19.9 Å². The standard InChI is InChI=1S/C25H32ClN7O/c1-5-19(34)14-33-8-6-7-18(13-33)20-9-16(3)22(10-15(20)2)28-25-27-12-21(26)24(30-25)29-23-11-17(4)31-32-23/h9-12,18H,5-8,13-14H2,1-4H3,(H3,27,28,29,30,31,32). The first-order valence-electron chi connectivity index (χ1n) is 11.8. The van der Waals surface area contributed by atoms with Crippen LogP contribution in [-0.4, -0.2) is 50.5 Å². The second-order valence-electron chi connectivity index (χ2n) is 9.07. The van der Waals surface area contributed by atoms with E-state index >= 15 is 0 Å². The van der Waals surface area contributed by atoms with Gasteiger partial charge in [-0.2, -0.15) is 10.1 Å². The van der Waals surface area contributed by atoms with E-state index in [0.717, 1.165) is 42.9 Å². The third-order valence-electron chi connectivity index (χ3n) is 6.30. The molecule has 2 aromatic heterocycles. The Morgan fingerprint density at radius 1 is 1.21 bits per heavy atom. The number of Topliss-reactive ketones (excluding diaryl/α,β-unsaturated/α-hetero) is 1. The van der Waals surface area contributed by atoms with E-state index < -0.39 is 0 Å². The lowest BCUT2D eigenvalue weighted by Gasteiger charge is -2.33. The summed E-state index contributed by atoms with van der Waals surface area (Å²) in [5.41, 5.74) is 5.60. The monoisotopic (exact) mass is 481 g/mol. The van der Waals surface area contributed by atoms with E-state index in [1.54, 1.807) is 6.20 Å². The molecule has 1 aromatic carbocycles. The summed E-state index contributed by atoms with van der Waals surface area (Å²) in [7, 11) is 0. The molecule has 8 nitrogen and oxygen atoms in total. The predicted molar refractivity (Wildman–Crippen MR) is 137 cm³/mol. The predicted octanol–water partition coefficient (Wildman–Crippen LogP) is 5.42. The van der Waals surface area contributed by atoms with Gasteiger partial charge in [0, 0.05) is 30.4 Å². The number of halogens is 1. The molecule has 1 aliphatic heterocycles. The number of likely N-dealkylation sites (tertiary alicyclic amines) is 1. The molecule has 1 unspecified atom stereocenters. The Morgan fingerprint density at radius 2 is 2.03 bits per heavy atom. The molecule has 1 saturated heterocycles. The minimum Gasteiger partial charge on any atom is -0.324 e. The topological polar surface area (TPSA) is 98.8 Å². The molecule has 1 atom stereocenters. The summed E-state index contributed by atoms with van der Waals surface area (Å²) in [4.78, 5) is 23.1. The van der Waals surface area contributed by atoms with Gasteiger partial charge in [-0.3, -0.25) is 14.8 Å². The Morgan fingerprint density at radius 3 is 2.76 bits per heavy atom. The summed E-state index contributed by atoms with van der Waals surface area (Å²) < 4.78 is 0. The molecular weight excluding hydrogens is 450 g/mol. The third-order valence-corrected chi connectivity index (χ3v) is 6.57. The Kier molecular flexibility index (Phi) is 7.48. The maximum Gasteiger partial charge on any atom is 0.229 e. The number of piperidine rings is 1. The van der Waals surface area contributed by atoms with Gasteiger partial charge < -0.3 is 10.6 Å². The first-order chi connectivity index (χ1) is 16.3. The molecule has 3 aromatic rings. The van der Waals surface area contributed by atoms with Crippen molar-refractivity contribution in [3.8, 4) is 0 Å². The van der Waals surface area contributed by atoms with Crippen molar-refractivity contribution in [2.75, 3.05) is 30.3 Å². The molecule has 180 valence electrons. The van der Waals surface area contributed by atoms with Gasteiger partial charge in [-0.25, -0.2) is 4.98 Å². The molecule has 0 aliphatic carbocycles. The van der Waals surface area contributed by atoms with Crippen molar-refractivity contribution < 1.29 is 4.79 Å². The summed E-state index contributed by atoms with van der Waals surface area (Å²) in [6.45, 7) is 10.6. The van der Waals surface area contributed by atoms with E-state index in [1.165, 1.54) is 11.1 Å². The number of hydrogen-bond acceptors (Lipinski definition) is 7. The van der Waals surface area contributed by atoms with Crippen molar-refractivity contribution in [3.05, 3.63) is 51.8 Å². The molecule has 0 spiro atoms. The zero-order valence-corrected chi connectivity index (χ0v) is 21.0. The van der Waals surface area contributed by atoms with Crippen LogP contribution in [0.15, 0.2) is 24.4 Å². The fraction of sp³-hybridized carbons (Fsp3) is 0.440. The number of benzene rings is 1. The van der Waals surface area contributed by atoms with Crippen molar-refractivity contribution in [1.82, 2.24) is 25.1 Å². The molecule has 0 saturated carbocycles. The minimum absolute atomic E-state index is 0.312. The fourth-order valence-electron chi connectivity index (χ4n) is 4.47. The second-order valence-corrected chi connectivity index (χ2v) is 9.47. The largest absolute Gasteiger partial charge is 0.324 e. The highest BCUT2D eigenvalue weighted by molar-refractivity contribution is 6.32. The third kappa shape index (κ3) is 5.74. The van der Waals surface area contributed by atoms with Crippen LogP contribution in [0.5, 0.6) is 0 Å². The van der Waals surface area contributed by atoms with Crippen molar-refractivity contribution in [1.29, 1.82) is 0 Å². The van der Waals surface area contributed by atoms with Crippen LogP contribution >= 0.6 is 11.6 Å². The first-order valence-corrected chi connectivity index (χ1v) is 12.1. The van der Waals surface area contributed by atoms with Crippen LogP contribution in [0.3, 0.4) is 0 Å². The molecule has 9 heteroatoms. The van der Waals surface area contributed by atoms with Gasteiger partial charge in [0.1, 0.15) is 10.8 Å². The summed E-state index contributed by atoms with van der Waals surface area (Å²) in [5, 5.41) is 13.9. The molecule has 0 amide bonds. The molecule has 0 radical (unpaired) electrons. The van der Waals surface area contributed by atoms with Crippen LogP contribution < -0.4 is 10.6 Å². The minimum atomic E-state index is 0.312. The highest BCUT2D eigenvalue weighted by Crippen LogP contribution is 2.33. The summed E-state index contributed by atoms with van der Waals surface area (Å²) in [6.07, 6.45) is 4.43. The lowest BCUT2D eigenvalue weighted by atomic mass is 9.86. The average molecular weight is 482 g/mol. The average Bonchev–Trinajstić information content (AvgIpc) is 3.22. The molecule has 0 bridgehead atoms. The zero-order chi connectivity index (χ0) is 24.2. The summed E-state index contributed by atoms with van der Waals surface area (Å²) >= 11 is 6.29. The van der Waals surface area contributed by atoms with Crippen LogP contribution in [0.2, 0.25) is 5.02 Å². The molecule has 3 N–H and O–H groups in total. The van der Waals surface area contributed by atoms with E-state index in [4.69, 9.17) is 11.6 Å². The van der Waals surface area contributed by atoms with Gasteiger partial charge >= 0.3 is 0 Å². The smallest absolute Gasteiger partial charge is 0.229 e. The number of hydrogen-bond donors (Lipinski definition) is 3. The normalized spacial score (nSPS) is 16.4. The number of aromatic nitrogens is 4. The van der Waals surface area contributed by atoms with E-state index in [2.05, 4.69) is 61.7 Å². The number of carbonyl (C=O) groups is 1. The number of ketones is 1. The van der Waals surface area contributed by atoms with E-state index in [0.29, 0.717) is 47.3 Å². The van der Waals surface area contributed by atoms with Crippen LogP contribution in [0.4, 0.5) is 23.3 Å². The summed E-state index contributed by atoms with van der Waals surface area (Å²) in [5.74, 6) is 2.33. The SMILES string of the molecule is CCC(=O)CN1CCCC(c2cc(C)c(Nc3ncc(Cl)c(Nc4cc(C)[nH]n4)n3)cc2C)C1. The van der Waals surface area contributed by atoms with Gasteiger partial charge in [0.15, 0.2) is 11.6 Å². The van der Waals surface area contributed by atoms with Crippen LogP contribution in [0, 0.1) is 20.8 Å². The lowest BCUT2D eigenvalue weighted by molar-refractivity contribution is -0.120.